The van der Waals surface area contributed by atoms with Gasteiger partial charge in [-0.1, -0.05) is 61.9 Å². The van der Waals surface area contributed by atoms with Crippen LogP contribution in [-0.2, 0) is 15.1 Å². The standard InChI is InChI=1S/C24H29N3O3/c1-5-6-14-26(4)21(28)16-27-22(29)24(25-23(27)30,19-10-8-7-9-11-19)20-13-12-17(2)18(3)15-20/h7-13,15H,5-6,14,16H2,1-4H3,(H,25,30)/t24-/m1/s1. The average Bonchev–Trinajstić information content (AvgIpc) is 3.00. The first-order valence-electron chi connectivity index (χ1n) is 10.3. The Morgan fingerprint density at radius 1 is 1.03 bits per heavy atom. The van der Waals surface area contributed by atoms with E-state index in [-0.39, 0.29) is 12.5 Å². The van der Waals surface area contributed by atoms with Crippen molar-refractivity contribution in [3.05, 3.63) is 70.8 Å². The third-order valence-corrected chi connectivity index (χ3v) is 5.82. The normalized spacial score (nSPS) is 18.5. The summed E-state index contributed by atoms with van der Waals surface area (Å²) in [7, 11) is 1.70. The summed E-state index contributed by atoms with van der Waals surface area (Å²) in [5, 5.41) is 2.90. The second-order valence-corrected chi connectivity index (χ2v) is 7.91. The molecule has 0 saturated carbocycles. The molecule has 6 nitrogen and oxygen atoms in total. The van der Waals surface area contributed by atoms with Crippen LogP contribution in [0, 0.1) is 13.8 Å². The second-order valence-electron chi connectivity index (χ2n) is 7.91. The lowest BCUT2D eigenvalue weighted by Gasteiger charge is -2.29. The Morgan fingerprint density at radius 3 is 2.37 bits per heavy atom. The quantitative estimate of drug-likeness (QED) is 0.716. The number of urea groups is 1. The van der Waals surface area contributed by atoms with Crippen LogP contribution in [0.25, 0.3) is 0 Å². The Bertz CT molecular complexity index is 957. The Kier molecular flexibility index (Phi) is 6.25. The van der Waals surface area contributed by atoms with E-state index in [1.165, 1.54) is 0 Å². The number of carbonyl (C=O) groups excluding carboxylic acids is 3. The van der Waals surface area contributed by atoms with Crippen molar-refractivity contribution >= 4 is 17.8 Å². The molecule has 30 heavy (non-hydrogen) atoms. The van der Waals surface area contributed by atoms with Crippen LogP contribution >= 0.6 is 0 Å². The minimum Gasteiger partial charge on any atom is -0.344 e. The van der Waals surface area contributed by atoms with Crippen molar-refractivity contribution in [2.45, 2.75) is 39.2 Å². The molecule has 2 aromatic carbocycles. The van der Waals surface area contributed by atoms with Gasteiger partial charge in [-0.15, -0.1) is 0 Å². The molecule has 0 unspecified atom stereocenters. The van der Waals surface area contributed by atoms with Crippen molar-refractivity contribution in [3.8, 4) is 0 Å². The first-order chi connectivity index (χ1) is 14.3. The fourth-order valence-electron chi connectivity index (χ4n) is 3.72. The van der Waals surface area contributed by atoms with Crippen LogP contribution in [0.15, 0.2) is 48.5 Å². The zero-order chi connectivity index (χ0) is 21.9. The van der Waals surface area contributed by atoms with Crippen LogP contribution in [0.1, 0.15) is 42.0 Å². The van der Waals surface area contributed by atoms with E-state index in [0.717, 1.165) is 28.9 Å². The zero-order valence-electron chi connectivity index (χ0n) is 18.1. The first kappa shape index (κ1) is 21.6. The van der Waals surface area contributed by atoms with Gasteiger partial charge in [0, 0.05) is 13.6 Å². The number of nitrogens with one attached hydrogen (secondary N) is 1. The topological polar surface area (TPSA) is 69.7 Å². The second kappa shape index (κ2) is 8.69. The molecule has 0 radical (unpaired) electrons. The van der Waals surface area contributed by atoms with Crippen LogP contribution in [0.3, 0.4) is 0 Å². The predicted molar refractivity (Wildman–Crippen MR) is 116 cm³/mol. The lowest BCUT2D eigenvalue weighted by atomic mass is 9.81. The molecule has 1 heterocycles. The molecule has 4 amide bonds. The number of rotatable bonds is 7. The predicted octanol–water partition coefficient (Wildman–Crippen LogP) is 3.36. The molecule has 0 aliphatic carbocycles. The van der Waals surface area contributed by atoms with Crippen molar-refractivity contribution in [3.63, 3.8) is 0 Å². The van der Waals surface area contributed by atoms with E-state index in [0.29, 0.717) is 17.7 Å². The third kappa shape index (κ3) is 3.82. The number of unbranched alkanes of at least 4 members (excludes halogenated alkanes) is 1. The van der Waals surface area contributed by atoms with E-state index in [9.17, 15) is 14.4 Å². The Morgan fingerprint density at radius 2 is 1.73 bits per heavy atom. The molecule has 1 saturated heterocycles. The highest BCUT2D eigenvalue weighted by molar-refractivity contribution is 6.11. The average molecular weight is 408 g/mol. The molecular formula is C24H29N3O3. The van der Waals surface area contributed by atoms with Gasteiger partial charge in [-0.3, -0.25) is 14.5 Å². The van der Waals surface area contributed by atoms with E-state index in [4.69, 9.17) is 0 Å². The van der Waals surface area contributed by atoms with Crippen molar-refractivity contribution in [1.82, 2.24) is 15.1 Å². The fourth-order valence-corrected chi connectivity index (χ4v) is 3.72. The summed E-state index contributed by atoms with van der Waals surface area (Å²) in [4.78, 5) is 41.8. The summed E-state index contributed by atoms with van der Waals surface area (Å²) in [5.41, 5.74) is 2.13. The number of likely N-dealkylation sites (N-methyl/N-ethyl adjacent to an activating group) is 1. The fraction of sp³-hybridized carbons (Fsp3) is 0.375. The minimum absolute atomic E-state index is 0.254. The Hall–Kier alpha value is -3.15. The van der Waals surface area contributed by atoms with Gasteiger partial charge < -0.3 is 10.2 Å². The van der Waals surface area contributed by atoms with Crippen molar-refractivity contribution < 1.29 is 14.4 Å². The SMILES string of the molecule is CCCCN(C)C(=O)CN1C(=O)N[C@](c2ccccc2)(c2ccc(C)c(C)c2)C1=O. The van der Waals surface area contributed by atoms with E-state index in [2.05, 4.69) is 5.32 Å². The lowest BCUT2D eigenvalue weighted by molar-refractivity contribution is -0.137. The Balaban J connectivity index is 2.00. The van der Waals surface area contributed by atoms with Crippen LogP contribution in [-0.4, -0.2) is 47.8 Å². The van der Waals surface area contributed by atoms with Crippen molar-refractivity contribution in [2.75, 3.05) is 20.1 Å². The maximum atomic E-state index is 13.7. The number of imide groups is 1. The summed E-state index contributed by atoms with van der Waals surface area (Å²) < 4.78 is 0. The summed E-state index contributed by atoms with van der Waals surface area (Å²) in [6.07, 6.45) is 1.84. The Labute approximate surface area is 177 Å². The van der Waals surface area contributed by atoms with E-state index >= 15 is 0 Å². The number of carbonyl (C=O) groups is 3. The number of aryl methyl sites for hydroxylation is 2. The molecule has 1 atom stereocenters. The van der Waals surface area contributed by atoms with Crippen LogP contribution < -0.4 is 5.32 Å². The molecule has 6 heteroatoms. The van der Waals surface area contributed by atoms with Gasteiger partial charge in [-0.2, -0.15) is 0 Å². The number of benzene rings is 2. The first-order valence-corrected chi connectivity index (χ1v) is 10.3. The van der Waals surface area contributed by atoms with Gasteiger partial charge in [0.15, 0.2) is 5.54 Å². The molecule has 1 aliphatic rings. The highest BCUT2D eigenvalue weighted by Gasteiger charge is 2.54. The number of hydrogen-bond acceptors (Lipinski definition) is 3. The largest absolute Gasteiger partial charge is 0.344 e. The van der Waals surface area contributed by atoms with Crippen LogP contribution in [0.5, 0.6) is 0 Å². The smallest absolute Gasteiger partial charge is 0.326 e. The molecule has 1 N–H and O–H groups in total. The molecule has 0 spiro atoms. The molecule has 1 fully saturated rings. The molecule has 3 rings (SSSR count). The highest BCUT2D eigenvalue weighted by atomic mass is 16.2. The van der Waals surface area contributed by atoms with Gasteiger partial charge in [0.2, 0.25) is 5.91 Å². The van der Waals surface area contributed by atoms with Gasteiger partial charge in [0.25, 0.3) is 5.91 Å². The summed E-state index contributed by atoms with van der Waals surface area (Å²) in [6.45, 7) is 6.35. The maximum Gasteiger partial charge on any atom is 0.326 e. The maximum absolute atomic E-state index is 13.7. The van der Waals surface area contributed by atoms with Gasteiger partial charge in [0.05, 0.1) is 0 Å². The van der Waals surface area contributed by atoms with Crippen LogP contribution in [0.2, 0.25) is 0 Å². The summed E-state index contributed by atoms with van der Waals surface area (Å²) in [5.74, 6) is -0.685. The zero-order valence-corrected chi connectivity index (χ0v) is 18.1. The number of amides is 4. The summed E-state index contributed by atoms with van der Waals surface area (Å²) >= 11 is 0. The molecule has 158 valence electrons. The number of nitrogens with zero attached hydrogens (tertiary/aromatic N) is 2. The van der Waals surface area contributed by atoms with Gasteiger partial charge >= 0.3 is 6.03 Å². The van der Waals surface area contributed by atoms with Gasteiger partial charge in [-0.05, 0) is 42.5 Å². The monoisotopic (exact) mass is 407 g/mol. The van der Waals surface area contributed by atoms with E-state index in [1.807, 2.05) is 69.3 Å². The summed E-state index contributed by atoms with van der Waals surface area (Å²) in [6, 6.07) is 14.4. The molecule has 0 aromatic heterocycles. The van der Waals surface area contributed by atoms with Gasteiger partial charge in [0.1, 0.15) is 6.54 Å². The van der Waals surface area contributed by atoms with Crippen LogP contribution in [0.4, 0.5) is 4.79 Å². The molecule has 1 aliphatic heterocycles. The molecule has 2 aromatic rings. The number of hydrogen-bond donors (Lipinski definition) is 1. The molecule has 0 bridgehead atoms. The van der Waals surface area contributed by atoms with E-state index in [1.54, 1.807) is 11.9 Å². The van der Waals surface area contributed by atoms with E-state index < -0.39 is 17.5 Å². The van der Waals surface area contributed by atoms with Gasteiger partial charge in [-0.25, -0.2) is 4.79 Å². The molecular weight excluding hydrogens is 378 g/mol. The minimum atomic E-state index is -1.35. The lowest BCUT2D eigenvalue weighted by Crippen LogP contribution is -2.46. The highest BCUT2D eigenvalue weighted by Crippen LogP contribution is 2.36. The van der Waals surface area contributed by atoms with Crippen molar-refractivity contribution in [1.29, 1.82) is 0 Å². The van der Waals surface area contributed by atoms with Crippen molar-refractivity contribution in [2.24, 2.45) is 0 Å². The third-order valence-electron chi connectivity index (χ3n) is 5.82.